The highest BCUT2D eigenvalue weighted by molar-refractivity contribution is 7.91. The smallest absolute Gasteiger partial charge is 0.222 e. The number of piperazine rings is 1. The monoisotopic (exact) mass is 366 g/mol. The molecule has 1 aromatic rings. The number of ether oxygens (including phenoxy) is 1. The zero-order valence-corrected chi connectivity index (χ0v) is 15.7. The van der Waals surface area contributed by atoms with Crippen molar-refractivity contribution in [1.29, 1.82) is 0 Å². The van der Waals surface area contributed by atoms with Gasteiger partial charge in [0.05, 0.1) is 24.2 Å². The highest BCUT2D eigenvalue weighted by Gasteiger charge is 2.47. The van der Waals surface area contributed by atoms with E-state index in [1.165, 1.54) is 0 Å². The minimum atomic E-state index is -3.11. The molecule has 0 bridgehead atoms. The number of hydrogen-bond acceptors (Lipinski definition) is 5. The molecule has 2 fully saturated rings. The van der Waals surface area contributed by atoms with Crippen LogP contribution in [0.5, 0.6) is 5.75 Å². The second kappa shape index (κ2) is 7.33. The van der Waals surface area contributed by atoms with Gasteiger partial charge >= 0.3 is 0 Å². The van der Waals surface area contributed by atoms with Gasteiger partial charge in [-0.2, -0.15) is 0 Å². The van der Waals surface area contributed by atoms with Crippen LogP contribution in [0.25, 0.3) is 0 Å². The van der Waals surface area contributed by atoms with Crippen LogP contribution in [0.1, 0.15) is 25.8 Å². The third-order valence-electron chi connectivity index (χ3n) is 5.01. The van der Waals surface area contributed by atoms with Gasteiger partial charge in [-0.25, -0.2) is 8.42 Å². The first-order valence-electron chi connectivity index (χ1n) is 8.89. The zero-order valence-electron chi connectivity index (χ0n) is 14.8. The van der Waals surface area contributed by atoms with Crippen LogP contribution in [-0.2, 0) is 21.2 Å². The van der Waals surface area contributed by atoms with Crippen molar-refractivity contribution in [1.82, 2.24) is 9.80 Å². The van der Waals surface area contributed by atoms with Gasteiger partial charge in [0.1, 0.15) is 5.75 Å². The van der Waals surface area contributed by atoms with Gasteiger partial charge in [0.15, 0.2) is 9.84 Å². The van der Waals surface area contributed by atoms with Crippen molar-refractivity contribution in [3.05, 3.63) is 29.8 Å². The normalized spacial score (nSPS) is 25.6. The van der Waals surface area contributed by atoms with E-state index in [2.05, 4.69) is 4.90 Å². The van der Waals surface area contributed by atoms with Crippen LogP contribution in [0, 0.1) is 0 Å². The van der Waals surface area contributed by atoms with Gasteiger partial charge < -0.3 is 9.64 Å². The highest BCUT2D eigenvalue weighted by Crippen LogP contribution is 2.29. The molecule has 0 unspecified atom stereocenters. The molecule has 2 heterocycles. The minimum absolute atomic E-state index is 0.0464. The summed E-state index contributed by atoms with van der Waals surface area (Å²) in [6.45, 7) is 6.35. The topological polar surface area (TPSA) is 66.9 Å². The van der Waals surface area contributed by atoms with Crippen molar-refractivity contribution in [2.75, 3.05) is 31.2 Å². The van der Waals surface area contributed by atoms with Crippen molar-refractivity contribution in [2.24, 2.45) is 0 Å². The average molecular weight is 366 g/mol. The van der Waals surface area contributed by atoms with Crippen molar-refractivity contribution >= 4 is 15.7 Å². The summed E-state index contributed by atoms with van der Waals surface area (Å²) < 4.78 is 30.0. The van der Waals surface area contributed by atoms with Crippen LogP contribution >= 0.6 is 0 Å². The van der Waals surface area contributed by atoms with Crippen LogP contribution in [0.3, 0.4) is 0 Å². The van der Waals surface area contributed by atoms with Crippen LogP contribution in [0.15, 0.2) is 24.3 Å². The lowest BCUT2D eigenvalue weighted by Gasteiger charge is -2.44. The Balaban J connectivity index is 1.79. The van der Waals surface area contributed by atoms with Gasteiger partial charge in [-0.15, -0.1) is 0 Å². The van der Waals surface area contributed by atoms with Crippen LogP contribution < -0.4 is 4.74 Å². The quantitative estimate of drug-likeness (QED) is 0.786. The fourth-order valence-corrected chi connectivity index (χ4v) is 5.88. The van der Waals surface area contributed by atoms with E-state index >= 15 is 0 Å². The molecule has 0 N–H and O–H groups in total. The molecule has 0 radical (unpaired) electrons. The summed E-state index contributed by atoms with van der Waals surface area (Å²) in [7, 11) is -3.11. The van der Waals surface area contributed by atoms with E-state index in [1.54, 1.807) is 4.90 Å². The number of amides is 1. The molecule has 25 heavy (non-hydrogen) atoms. The molecule has 2 aliphatic heterocycles. The predicted octanol–water partition coefficient (Wildman–Crippen LogP) is 1.31. The largest absolute Gasteiger partial charge is 0.494 e. The lowest BCUT2D eigenvalue weighted by atomic mass is 10.0. The average Bonchev–Trinajstić information content (AvgIpc) is 2.90. The summed E-state index contributed by atoms with van der Waals surface area (Å²) in [6.07, 6.45) is 0.416. The number of rotatable bonds is 5. The highest BCUT2D eigenvalue weighted by atomic mass is 32.2. The van der Waals surface area contributed by atoms with Crippen LogP contribution in [0.2, 0.25) is 0 Å². The molecule has 7 heteroatoms. The molecule has 0 saturated carbocycles. The van der Waals surface area contributed by atoms with Crippen molar-refractivity contribution in [3.63, 3.8) is 0 Å². The predicted molar refractivity (Wildman–Crippen MR) is 96.3 cm³/mol. The summed E-state index contributed by atoms with van der Waals surface area (Å²) in [6, 6.07) is 7.58. The molecule has 0 spiro atoms. The molecule has 2 atom stereocenters. The van der Waals surface area contributed by atoms with E-state index in [9.17, 15) is 13.2 Å². The van der Waals surface area contributed by atoms with E-state index in [0.29, 0.717) is 32.7 Å². The van der Waals surface area contributed by atoms with Gasteiger partial charge in [-0.1, -0.05) is 19.1 Å². The van der Waals surface area contributed by atoms with Gasteiger partial charge in [0.25, 0.3) is 0 Å². The third kappa shape index (κ3) is 3.98. The SMILES string of the molecule is CCOc1cccc(CN2CCN(C(=O)CC)[C@H]3CS(=O)(=O)C[C@H]32)c1. The van der Waals surface area contributed by atoms with Crippen molar-refractivity contribution in [2.45, 2.75) is 38.9 Å². The van der Waals surface area contributed by atoms with Crippen molar-refractivity contribution in [3.8, 4) is 5.75 Å². The number of carbonyl (C=O) groups excluding carboxylic acids is 1. The number of sulfone groups is 1. The van der Waals surface area contributed by atoms with E-state index in [4.69, 9.17) is 4.74 Å². The minimum Gasteiger partial charge on any atom is -0.494 e. The molecule has 2 aliphatic rings. The first kappa shape index (κ1) is 18.2. The van der Waals surface area contributed by atoms with Gasteiger partial charge in [-0.3, -0.25) is 9.69 Å². The molecule has 138 valence electrons. The van der Waals surface area contributed by atoms with E-state index in [-0.39, 0.29) is 29.5 Å². The second-order valence-electron chi connectivity index (χ2n) is 6.70. The Labute approximate surface area is 149 Å². The Bertz CT molecular complexity index is 734. The van der Waals surface area contributed by atoms with Crippen molar-refractivity contribution < 1.29 is 17.9 Å². The summed E-state index contributed by atoms with van der Waals surface area (Å²) >= 11 is 0. The Kier molecular flexibility index (Phi) is 5.34. The summed E-state index contributed by atoms with van der Waals surface area (Å²) in [5.74, 6) is 1.09. The molecule has 6 nitrogen and oxygen atoms in total. The molecule has 1 aromatic carbocycles. The van der Waals surface area contributed by atoms with Gasteiger partial charge in [0.2, 0.25) is 5.91 Å². The maximum Gasteiger partial charge on any atom is 0.222 e. The summed E-state index contributed by atoms with van der Waals surface area (Å²) in [5.41, 5.74) is 1.10. The van der Waals surface area contributed by atoms with Gasteiger partial charge in [-0.05, 0) is 24.6 Å². The van der Waals surface area contributed by atoms with E-state index in [0.717, 1.165) is 11.3 Å². The lowest BCUT2D eigenvalue weighted by molar-refractivity contribution is -0.136. The van der Waals surface area contributed by atoms with E-state index in [1.807, 2.05) is 38.1 Å². The Hall–Kier alpha value is -1.60. The third-order valence-corrected chi connectivity index (χ3v) is 6.71. The first-order chi connectivity index (χ1) is 11.9. The van der Waals surface area contributed by atoms with Crippen LogP contribution in [-0.4, -0.2) is 67.4 Å². The maximum absolute atomic E-state index is 12.2. The van der Waals surface area contributed by atoms with Crippen LogP contribution in [0.4, 0.5) is 0 Å². The fourth-order valence-electron chi connectivity index (χ4n) is 3.87. The maximum atomic E-state index is 12.2. The van der Waals surface area contributed by atoms with Gasteiger partial charge in [0, 0.05) is 32.1 Å². The summed E-state index contributed by atoms with van der Waals surface area (Å²) in [5, 5.41) is 0. The standard InChI is InChI=1S/C18H26N2O4S/c1-3-18(21)20-9-8-19(16-12-25(22,23)13-17(16)20)11-14-6-5-7-15(10-14)24-4-2/h5-7,10,16-17H,3-4,8-9,11-13H2,1-2H3/t16-,17+/m1/s1. The Morgan fingerprint density at radius 1 is 1.20 bits per heavy atom. The number of hydrogen-bond donors (Lipinski definition) is 0. The number of nitrogens with zero attached hydrogens (tertiary/aromatic N) is 2. The lowest BCUT2D eigenvalue weighted by Crippen LogP contribution is -2.60. The molecule has 3 rings (SSSR count). The second-order valence-corrected chi connectivity index (χ2v) is 8.86. The number of fused-ring (bicyclic) bond motifs is 1. The molecular formula is C18H26N2O4S. The Morgan fingerprint density at radius 3 is 2.68 bits per heavy atom. The summed E-state index contributed by atoms with van der Waals surface area (Å²) in [4.78, 5) is 16.2. The van der Waals surface area contributed by atoms with E-state index < -0.39 is 9.84 Å². The first-order valence-corrected chi connectivity index (χ1v) is 10.7. The molecular weight excluding hydrogens is 340 g/mol. The number of benzene rings is 1. The zero-order chi connectivity index (χ0) is 18.0. The molecule has 2 saturated heterocycles. The molecule has 0 aromatic heterocycles. The fraction of sp³-hybridized carbons (Fsp3) is 0.611. The Morgan fingerprint density at radius 2 is 1.96 bits per heavy atom. The molecule has 1 amide bonds. The molecule has 0 aliphatic carbocycles. The number of carbonyl (C=O) groups is 1.